The molecular formula is C17H21N3O2. The minimum absolute atomic E-state index is 0.00955. The summed E-state index contributed by atoms with van der Waals surface area (Å²) in [5.41, 5.74) is -0.00955. The molecule has 2 heterocycles. The number of carbonyl (C=O) groups is 1. The molecule has 22 heavy (non-hydrogen) atoms. The molecule has 0 N–H and O–H groups in total. The van der Waals surface area contributed by atoms with Crippen LogP contribution < -0.4 is 0 Å². The quantitative estimate of drug-likeness (QED) is 0.802. The number of hydrogen-bond donors (Lipinski definition) is 0. The molecule has 5 heteroatoms. The molecule has 0 aromatic carbocycles. The summed E-state index contributed by atoms with van der Waals surface area (Å²) in [5.74, 6) is 1.43. The second-order valence-corrected chi connectivity index (χ2v) is 6.85. The molecule has 0 spiro atoms. The van der Waals surface area contributed by atoms with Crippen LogP contribution in [-0.4, -0.2) is 27.7 Å². The van der Waals surface area contributed by atoms with Gasteiger partial charge in [-0.25, -0.2) is 9.67 Å². The number of fused-ring (bicyclic) bond motifs is 1. The number of aromatic nitrogens is 3. The van der Waals surface area contributed by atoms with Crippen molar-refractivity contribution in [3.63, 3.8) is 0 Å². The van der Waals surface area contributed by atoms with Crippen molar-refractivity contribution in [1.29, 1.82) is 0 Å². The van der Waals surface area contributed by atoms with Crippen LogP contribution in [-0.2, 0) is 4.74 Å². The Morgan fingerprint density at radius 1 is 1.41 bits per heavy atom. The van der Waals surface area contributed by atoms with Crippen LogP contribution in [0.15, 0.2) is 24.3 Å². The van der Waals surface area contributed by atoms with Crippen molar-refractivity contribution >= 4 is 5.78 Å². The Labute approximate surface area is 130 Å². The van der Waals surface area contributed by atoms with E-state index in [0.29, 0.717) is 5.82 Å². The maximum Gasteiger partial charge on any atom is 0.217 e. The average molecular weight is 299 g/mol. The molecule has 4 rings (SSSR count). The average Bonchev–Trinajstić information content (AvgIpc) is 3.18. The molecule has 3 aliphatic rings. The van der Waals surface area contributed by atoms with E-state index in [1.165, 1.54) is 0 Å². The summed E-state index contributed by atoms with van der Waals surface area (Å²) >= 11 is 0. The lowest BCUT2D eigenvalue weighted by molar-refractivity contribution is 0.0860. The standard InChI is InChI=1S/C17H21N3O2/c1-17(8-4-3-5-9-17)13-10-12(22-2)16-18-15(19-20(13)16)14(21)11-6-7-11/h3-5,8,11-13H,6-7,9-10H2,1-2H3/t12-,13-,17?/m0/s1. The Morgan fingerprint density at radius 2 is 2.23 bits per heavy atom. The predicted molar refractivity (Wildman–Crippen MR) is 81.5 cm³/mol. The molecule has 0 saturated heterocycles. The van der Waals surface area contributed by atoms with Gasteiger partial charge in [0, 0.05) is 24.9 Å². The molecule has 2 aliphatic carbocycles. The lowest BCUT2D eigenvalue weighted by Gasteiger charge is -2.33. The van der Waals surface area contributed by atoms with Crippen LogP contribution in [0.1, 0.15) is 61.2 Å². The normalized spacial score (nSPS) is 33.2. The molecular weight excluding hydrogens is 278 g/mol. The molecule has 0 bridgehead atoms. The van der Waals surface area contributed by atoms with Crippen LogP contribution in [0.3, 0.4) is 0 Å². The van der Waals surface area contributed by atoms with Gasteiger partial charge in [-0.3, -0.25) is 4.79 Å². The summed E-state index contributed by atoms with van der Waals surface area (Å²) in [7, 11) is 1.70. The maximum absolute atomic E-state index is 12.3. The van der Waals surface area contributed by atoms with E-state index in [2.05, 4.69) is 41.3 Å². The van der Waals surface area contributed by atoms with Gasteiger partial charge in [0.1, 0.15) is 6.10 Å². The Balaban J connectivity index is 1.71. The number of methoxy groups -OCH3 is 1. The smallest absolute Gasteiger partial charge is 0.217 e. The maximum atomic E-state index is 12.3. The summed E-state index contributed by atoms with van der Waals surface area (Å²) in [6.07, 6.45) is 12.3. The van der Waals surface area contributed by atoms with E-state index in [9.17, 15) is 4.79 Å². The Morgan fingerprint density at radius 3 is 2.86 bits per heavy atom. The number of nitrogens with zero attached hydrogens (tertiary/aromatic N) is 3. The molecule has 5 nitrogen and oxygen atoms in total. The van der Waals surface area contributed by atoms with E-state index in [1.807, 2.05) is 4.68 Å². The molecule has 0 amide bonds. The van der Waals surface area contributed by atoms with Crippen LogP contribution in [0.4, 0.5) is 0 Å². The fraction of sp³-hybridized carbons (Fsp3) is 0.588. The SMILES string of the molecule is CO[C@H]1C[C@@H](C2(C)C=CC=CC2)n2nc(C(=O)C3CC3)nc21. The molecule has 1 saturated carbocycles. The van der Waals surface area contributed by atoms with Crippen LogP contribution in [0.25, 0.3) is 0 Å². The van der Waals surface area contributed by atoms with Gasteiger partial charge in [-0.1, -0.05) is 31.2 Å². The summed E-state index contributed by atoms with van der Waals surface area (Å²) in [6, 6.07) is 0.182. The summed E-state index contributed by atoms with van der Waals surface area (Å²) in [4.78, 5) is 16.8. The minimum atomic E-state index is -0.0746. The highest BCUT2D eigenvalue weighted by Gasteiger charge is 2.45. The van der Waals surface area contributed by atoms with E-state index in [4.69, 9.17) is 4.74 Å². The summed E-state index contributed by atoms with van der Waals surface area (Å²) < 4.78 is 7.55. The van der Waals surface area contributed by atoms with Gasteiger partial charge in [0.2, 0.25) is 11.6 Å². The minimum Gasteiger partial charge on any atom is -0.373 e. The first kappa shape index (κ1) is 13.9. The van der Waals surface area contributed by atoms with Gasteiger partial charge < -0.3 is 4.74 Å². The lowest BCUT2D eigenvalue weighted by atomic mass is 9.76. The summed E-state index contributed by atoms with van der Waals surface area (Å²) in [5, 5.41) is 4.57. The number of carbonyl (C=O) groups excluding carboxylic acids is 1. The molecule has 1 fully saturated rings. The van der Waals surface area contributed by atoms with Crippen molar-refractivity contribution in [3.8, 4) is 0 Å². The fourth-order valence-electron chi connectivity index (χ4n) is 3.57. The van der Waals surface area contributed by atoms with Crippen LogP contribution >= 0.6 is 0 Å². The highest BCUT2D eigenvalue weighted by Crippen LogP contribution is 2.48. The van der Waals surface area contributed by atoms with Crippen molar-refractivity contribution in [2.75, 3.05) is 7.11 Å². The first-order valence-electron chi connectivity index (χ1n) is 8.00. The zero-order chi connectivity index (χ0) is 15.3. The molecule has 1 aromatic heterocycles. The topological polar surface area (TPSA) is 57.0 Å². The van der Waals surface area contributed by atoms with E-state index < -0.39 is 0 Å². The zero-order valence-corrected chi connectivity index (χ0v) is 13.0. The first-order valence-corrected chi connectivity index (χ1v) is 8.00. The van der Waals surface area contributed by atoms with Crippen LogP contribution in [0.2, 0.25) is 0 Å². The third-order valence-electron chi connectivity index (χ3n) is 5.17. The van der Waals surface area contributed by atoms with Crippen LogP contribution in [0.5, 0.6) is 0 Å². The number of Topliss-reactive ketones (excluding diaryl/α,β-unsaturated/α-hetero) is 1. The molecule has 116 valence electrons. The van der Waals surface area contributed by atoms with Crippen molar-refractivity contribution in [1.82, 2.24) is 14.8 Å². The number of ketones is 1. The van der Waals surface area contributed by atoms with Crippen molar-refractivity contribution in [2.24, 2.45) is 11.3 Å². The van der Waals surface area contributed by atoms with Gasteiger partial charge in [-0.05, 0) is 19.3 Å². The van der Waals surface area contributed by atoms with Crippen molar-refractivity contribution in [3.05, 3.63) is 36.0 Å². The zero-order valence-electron chi connectivity index (χ0n) is 13.0. The van der Waals surface area contributed by atoms with Gasteiger partial charge in [0.05, 0.1) is 6.04 Å². The summed E-state index contributed by atoms with van der Waals surface area (Å²) in [6.45, 7) is 2.24. The van der Waals surface area contributed by atoms with Gasteiger partial charge in [0.25, 0.3) is 0 Å². The molecule has 0 radical (unpaired) electrons. The second kappa shape index (κ2) is 4.88. The molecule has 1 unspecified atom stereocenters. The molecule has 1 aromatic rings. The monoisotopic (exact) mass is 299 g/mol. The van der Waals surface area contributed by atoms with Crippen molar-refractivity contribution < 1.29 is 9.53 Å². The lowest BCUT2D eigenvalue weighted by Crippen LogP contribution is -2.27. The van der Waals surface area contributed by atoms with Gasteiger partial charge in [0.15, 0.2) is 5.82 Å². The molecule has 1 aliphatic heterocycles. The fourth-order valence-corrected chi connectivity index (χ4v) is 3.57. The number of allylic oxidation sites excluding steroid dienone is 4. The second-order valence-electron chi connectivity index (χ2n) is 6.85. The largest absolute Gasteiger partial charge is 0.373 e. The molecule has 3 atom stereocenters. The third kappa shape index (κ3) is 2.07. The Bertz CT molecular complexity index is 671. The van der Waals surface area contributed by atoms with Crippen LogP contribution in [0, 0.1) is 11.3 Å². The Kier molecular flexibility index (Phi) is 3.08. The van der Waals surface area contributed by atoms with E-state index in [1.54, 1.807) is 7.11 Å². The third-order valence-corrected chi connectivity index (χ3v) is 5.17. The highest BCUT2D eigenvalue weighted by molar-refractivity contribution is 5.95. The Hall–Kier alpha value is -1.75. The first-order chi connectivity index (χ1) is 10.6. The number of ether oxygens (including phenoxy) is 1. The van der Waals surface area contributed by atoms with Gasteiger partial charge in [-0.2, -0.15) is 0 Å². The van der Waals surface area contributed by atoms with E-state index >= 15 is 0 Å². The number of rotatable bonds is 4. The van der Waals surface area contributed by atoms with E-state index in [-0.39, 0.29) is 29.3 Å². The van der Waals surface area contributed by atoms with E-state index in [0.717, 1.165) is 31.5 Å². The van der Waals surface area contributed by atoms with Gasteiger partial charge >= 0.3 is 0 Å². The van der Waals surface area contributed by atoms with Gasteiger partial charge in [-0.15, -0.1) is 5.10 Å². The van der Waals surface area contributed by atoms with Crippen molar-refractivity contribution in [2.45, 2.75) is 44.8 Å². The predicted octanol–water partition coefficient (Wildman–Crippen LogP) is 3.03. The highest BCUT2D eigenvalue weighted by atomic mass is 16.5. The number of hydrogen-bond acceptors (Lipinski definition) is 4.